The number of urea groups is 1. The van der Waals surface area contributed by atoms with Crippen molar-refractivity contribution < 1.29 is 14.0 Å². The predicted molar refractivity (Wildman–Crippen MR) is 142 cm³/mol. The quantitative estimate of drug-likeness (QED) is 0.383. The molecule has 0 aliphatic carbocycles. The van der Waals surface area contributed by atoms with Crippen LogP contribution in [0.3, 0.4) is 0 Å². The fourth-order valence-electron chi connectivity index (χ4n) is 3.59. The minimum atomic E-state index is -0.576. The summed E-state index contributed by atoms with van der Waals surface area (Å²) in [5.74, 6) is -0.304. The summed E-state index contributed by atoms with van der Waals surface area (Å²) in [6.45, 7) is 12.2. The van der Waals surface area contributed by atoms with Crippen LogP contribution in [0, 0.1) is 18.7 Å². The average Bonchev–Trinajstić information content (AvgIpc) is 3.19. The topological polar surface area (TPSA) is 79.3 Å². The van der Waals surface area contributed by atoms with Gasteiger partial charge in [0.2, 0.25) is 5.91 Å². The number of halogens is 2. The summed E-state index contributed by atoms with van der Waals surface area (Å²) in [5, 5.41) is 10.3. The van der Waals surface area contributed by atoms with Crippen molar-refractivity contribution in [1.29, 1.82) is 0 Å². The van der Waals surface area contributed by atoms with Crippen LogP contribution in [0.5, 0.6) is 0 Å². The van der Waals surface area contributed by atoms with Gasteiger partial charge in [-0.15, -0.1) is 0 Å². The molecular formula is C27H33ClFN5O2. The van der Waals surface area contributed by atoms with Crippen molar-refractivity contribution in [2.75, 3.05) is 23.7 Å². The Labute approximate surface area is 216 Å². The number of aromatic nitrogens is 2. The number of hydrogen-bond donors (Lipinski definition) is 2. The Kier molecular flexibility index (Phi) is 8.40. The fourth-order valence-corrected chi connectivity index (χ4v) is 3.77. The Hall–Kier alpha value is -3.39. The average molecular weight is 514 g/mol. The molecule has 0 atom stereocenters. The number of benzene rings is 2. The first-order chi connectivity index (χ1) is 16.8. The lowest BCUT2D eigenvalue weighted by molar-refractivity contribution is -0.116. The standard InChI is InChI=1S/C27H33ClFN5O2/c1-17(2)15-33(26(36)30-19-10-11-22(29)21(28)13-19)16-25(35)31-24-14-23(27(4,5)6)32-34(24)20-9-7-8-18(3)12-20/h7-14,17H,15-16H2,1-6H3,(H,30,36)(H,31,35). The molecule has 0 unspecified atom stereocenters. The van der Waals surface area contributed by atoms with Crippen LogP contribution in [0.4, 0.5) is 20.7 Å². The summed E-state index contributed by atoms with van der Waals surface area (Å²) in [7, 11) is 0. The summed E-state index contributed by atoms with van der Waals surface area (Å²) >= 11 is 5.83. The summed E-state index contributed by atoms with van der Waals surface area (Å²) < 4.78 is 15.2. The number of aryl methyl sites for hydroxylation is 1. The van der Waals surface area contributed by atoms with E-state index in [-0.39, 0.29) is 28.8 Å². The molecule has 7 nitrogen and oxygen atoms in total. The van der Waals surface area contributed by atoms with E-state index in [1.807, 2.05) is 51.1 Å². The lowest BCUT2D eigenvalue weighted by atomic mass is 9.92. The van der Waals surface area contributed by atoms with Gasteiger partial charge < -0.3 is 15.5 Å². The van der Waals surface area contributed by atoms with Gasteiger partial charge in [-0.25, -0.2) is 13.9 Å². The zero-order valence-corrected chi connectivity index (χ0v) is 22.3. The van der Waals surface area contributed by atoms with E-state index in [1.54, 1.807) is 4.68 Å². The van der Waals surface area contributed by atoms with Gasteiger partial charge in [-0.1, -0.05) is 58.4 Å². The number of rotatable bonds is 7. The Bertz CT molecular complexity index is 1250. The molecule has 1 heterocycles. The van der Waals surface area contributed by atoms with Crippen molar-refractivity contribution >= 4 is 35.0 Å². The van der Waals surface area contributed by atoms with Gasteiger partial charge in [0.1, 0.15) is 18.2 Å². The normalized spacial score (nSPS) is 11.5. The molecular weight excluding hydrogens is 481 g/mol. The third-order valence-corrected chi connectivity index (χ3v) is 5.66. The van der Waals surface area contributed by atoms with Crippen LogP contribution in [-0.4, -0.2) is 39.7 Å². The molecule has 0 aliphatic rings. The molecule has 0 saturated heterocycles. The number of nitrogens with one attached hydrogen (secondary N) is 2. The molecule has 9 heteroatoms. The minimum absolute atomic E-state index is 0.0972. The lowest BCUT2D eigenvalue weighted by Crippen LogP contribution is -2.42. The molecule has 3 amide bonds. The van der Waals surface area contributed by atoms with Gasteiger partial charge in [0, 0.05) is 23.7 Å². The third kappa shape index (κ3) is 7.07. The van der Waals surface area contributed by atoms with Gasteiger partial charge in [0.05, 0.1) is 16.4 Å². The molecule has 0 saturated carbocycles. The minimum Gasteiger partial charge on any atom is -0.315 e. The van der Waals surface area contributed by atoms with E-state index in [4.69, 9.17) is 16.7 Å². The van der Waals surface area contributed by atoms with Crippen LogP contribution >= 0.6 is 11.6 Å². The molecule has 192 valence electrons. The number of nitrogens with zero attached hydrogens (tertiary/aromatic N) is 3. The maximum Gasteiger partial charge on any atom is 0.322 e. The van der Waals surface area contributed by atoms with Crippen molar-refractivity contribution in [2.45, 2.75) is 47.0 Å². The summed E-state index contributed by atoms with van der Waals surface area (Å²) in [6, 6.07) is 13.1. The predicted octanol–water partition coefficient (Wildman–Crippen LogP) is 6.40. The Morgan fingerprint density at radius 3 is 2.44 bits per heavy atom. The maximum absolute atomic E-state index is 13.5. The number of carbonyl (C=O) groups is 2. The van der Waals surface area contributed by atoms with E-state index in [0.717, 1.165) is 16.9 Å². The Morgan fingerprint density at radius 2 is 1.83 bits per heavy atom. The summed E-state index contributed by atoms with van der Waals surface area (Å²) in [4.78, 5) is 27.5. The number of hydrogen-bond acceptors (Lipinski definition) is 3. The van der Waals surface area contributed by atoms with Crippen LogP contribution in [0.25, 0.3) is 5.69 Å². The highest BCUT2D eigenvalue weighted by Gasteiger charge is 2.24. The molecule has 0 aliphatic heterocycles. The molecule has 3 rings (SSSR count). The summed E-state index contributed by atoms with van der Waals surface area (Å²) in [6.07, 6.45) is 0. The van der Waals surface area contributed by atoms with Crippen LogP contribution in [0.1, 0.15) is 45.9 Å². The van der Waals surface area contributed by atoms with Crippen LogP contribution in [-0.2, 0) is 10.2 Å². The Balaban J connectivity index is 1.82. The van der Waals surface area contributed by atoms with Gasteiger partial charge in [0.15, 0.2) is 0 Å². The van der Waals surface area contributed by atoms with E-state index >= 15 is 0 Å². The SMILES string of the molecule is Cc1cccc(-n2nc(C(C)(C)C)cc2NC(=O)CN(CC(C)C)C(=O)Nc2ccc(F)c(Cl)c2)c1. The smallest absolute Gasteiger partial charge is 0.315 e. The molecule has 0 spiro atoms. The van der Waals surface area contributed by atoms with Crippen LogP contribution < -0.4 is 10.6 Å². The molecule has 2 N–H and O–H groups in total. The van der Waals surface area contributed by atoms with Gasteiger partial charge in [-0.3, -0.25) is 4.79 Å². The lowest BCUT2D eigenvalue weighted by Gasteiger charge is -2.24. The third-order valence-electron chi connectivity index (χ3n) is 5.37. The molecule has 1 aromatic heterocycles. The van der Waals surface area contributed by atoms with Crippen molar-refractivity contribution in [3.63, 3.8) is 0 Å². The molecule has 2 aromatic carbocycles. The van der Waals surface area contributed by atoms with Crippen LogP contribution in [0.15, 0.2) is 48.5 Å². The molecule has 0 bridgehead atoms. The van der Waals surface area contributed by atoms with E-state index < -0.39 is 11.8 Å². The van der Waals surface area contributed by atoms with Crippen molar-refractivity contribution in [2.24, 2.45) is 5.92 Å². The maximum atomic E-state index is 13.5. The van der Waals surface area contributed by atoms with Gasteiger partial charge in [-0.05, 0) is 48.7 Å². The van der Waals surface area contributed by atoms with Gasteiger partial charge >= 0.3 is 6.03 Å². The second kappa shape index (κ2) is 11.1. The van der Waals surface area contributed by atoms with Crippen LogP contribution in [0.2, 0.25) is 5.02 Å². The largest absolute Gasteiger partial charge is 0.322 e. The van der Waals surface area contributed by atoms with E-state index in [0.29, 0.717) is 18.1 Å². The first-order valence-electron chi connectivity index (χ1n) is 11.8. The first-order valence-corrected chi connectivity index (χ1v) is 12.2. The van der Waals surface area contributed by atoms with Crippen molar-refractivity contribution in [3.05, 3.63) is 70.6 Å². The highest BCUT2D eigenvalue weighted by Crippen LogP contribution is 2.27. The highest BCUT2D eigenvalue weighted by molar-refractivity contribution is 6.31. The zero-order valence-electron chi connectivity index (χ0n) is 21.5. The second-order valence-corrected chi connectivity index (χ2v) is 10.7. The van der Waals surface area contributed by atoms with Crippen molar-refractivity contribution in [1.82, 2.24) is 14.7 Å². The molecule has 3 aromatic rings. The van der Waals surface area contributed by atoms with E-state index in [2.05, 4.69) is 31.4 Å². The molecule has 0 radical (unpaired) electrons. The zero-order chi connectivity index (χ0) is 26.6. The second-order valence-electron chi connectivity index (χ2n) is 10.3. The fraction of sp³-hybridized carbons (Fsp3) is 0.370. The van der Waals surface area contributed by atoms with Gasteiger partial charge in [-0.2, -0.15) is 5.10 Å². The van der Waals surface area contributed by atoms with E-state index in [1.165, 1.54) is 23.1 Å². The van der Waals surface area contributed by atoms with Crippen molar-refractivity contribution in [3.8, 4) is 5.69 Å². The van der Waals surface area contributed by atoms with E-state index in [9.17, 15) is 14.0 Å². The highest BCUT2D eigenvalue weighted by atomic mass is 35.5. The van der Waals surface area contributed by atoms with Gasteiger partial charge in [0.25, 0.3) is 0 Å². The first kappa shape index (κ1) is 27.2. The number of carbonyl (C=O) groups excluding carboxylic acids is 2. The number of anilines is 2. The Morgan fingerprint density at radius 1 is 1.11 bits per heavy atom. The number of amides is 3. The summed E-state index contributed by atoms with van der Waals surface area (Å²) in [5.41, 5.74) is 2.83. The monoisotopic (exact) mass is 513 g/mol. The molecule has 36 heavy (non-hydrogen) atoms. The molecule has 0 fully saturated rings.